The van der Waals surface area contributed by atoms with E-state index in [0.717, 1.165) is 5.56 Å². The second kappa shape index (κ2) is 16.6. The lowest BCUT2D eigenvalue weighted by Gasteiger charge is -2.24. The van der Waals surface area contributed by atoms with Crippen molar-refractivity contribution in [1.82, 2.24) is 16.0 Å². The third kappa shape index (κ3) is 11.7. The Hall–Kier alpha value is -3.02. The van der Waals surface area contributed by atoms with Crippen LogP contribution in [0.3, 0.4) is 0 Å². The lowest BCUT2D eigenvalue weighted by molar-refractivity contribution is -0.138. The molecule has 0 radical (unpaired) electrons. The van der Waals surface area contributed by atoms with Gasteiger partial charge in [-0.25, -0.2) is 0 Å². The van der Waals surface area contributed by atoms with Crippen LogP contribution in [0.5, 0.6) is 0 Å². The Labute approximate surface area is 200 Å². The van der Waals surface area contributed by atoms with Crippen molar-refractivity contribution in [3.63, 3.8) is 0 Å². The van der Waals surface area contributed by atoms with Crippen LogP contribution >= 0.6 is 0 Å². The maximum Gasteiger partial charge on any atom is 0.322 e. The Kier molecular flexibility index (Phi) is 14.1. The smallest absolute Gasteiger partial charge is 0.322 e. The van der Waals surface area contributed by atoms with Crippen LogP contribution in [-0.2, 0) is 25.6 Å². The highest BCUT2D eigenvalue weighted by atomic mass is 16.4. The number of hydrogen-bond donors (Lipinski definition) is 7. The summed E-state index contributed by atoms with van der Waals surface area (Å²) in [5.74, 6) is -2.83. The maximum atomic E-state index is 13.0. The first-order valence-electron chi connectivity index (χ1n) is 11.6. The van der Waals surface area contributed by atoms with Gasteiger partial charge in [0.1, 0.15) is 18.6 Å². The SMILES string of the molecule is NCCCCC(NC(=O)C(N)Cc1ccccc1)C(=O)NC(CCCCN)C(=O)NCC(=O)O. The van der Waals surface area contributed by atoms with Crippen molar-refractivity contribution >= 4 is 23.7 Å². The standard InChI is InChI=1S/C23H38N6O5/c24-12-6-4-10-18(22(33)27-15-20(30)31)29-23(34)19(11-5-7-13-25)28-21(32)17(26)14-16-8-2-1-3-9-16/h1-3,8-9,17-19H,4-7,10-15,24-26H2,(H,27,33)(H,28,32)(H,29,34)(H,30,31). The number of hydrogen-bond acceptors (Lipinski definition) is 7. The van der Waals surface area contributed by atoms with Crippen molar-refractivity contribution in [3.05, 3.63) is 35.9 Å². The molecule has 3 unspecified atom stereocenters. The fourth-order valence-electron chi connectivity index (χ4n) is 3.32. The number of benzene rings is 1. The molecule has 11 heteroatoms. The summed E-state index contributed by atoms with van der Waals surface area (Å²) in [6.45, 7) is 0.302. The van der Waals surface area contributed by atoms with Crippen LogP contribution in [0.25, 0.3) is 0 Å². The topological polar surface area (TPSA) is 203 Å². The van der Waals surface area contributed by atoms with Crippen molar-refractivity contribution < 1.29 is 24.3 Å². The summed E-state index contributed by atoms with van der Waals surface area (Å²) in [5, 5.41) is 16.4. The summed E-state index contributed by atoms with van der Waals surface area (Å²) < 4.78 is 0. The van der Waals surface area contributed by atoms with E-state index in [9.17, 15) is 19.2 Å². The summed E-state index contributed by atoms with van der Waals surface area (Å²) >= 11 is 0. The van der Waals surface area contributed by atoms with Gasteiger partial charge in [-0.3, -0.25) is 19.2 Å². The molecule has 34 heavy (non-hydrogen) atoms. The van der Waals surface area contributed by atoms with Gasteiger partial charge in [0.05, 0.1) is 6.04 Å². The van der Waals surface area contributed by atoms with Gasteiger partial charge in [0.25, 0.3) is 0 Å². The molecule has 1 aromatic carbocycles. The van der Waals surface area contributed by atoms with Gasteiger partial charge in [-0.1, -0.05) is 30.3 Å². The first-order valence-corrected chi connectivity index (χ1v) is 11.6. The normalized spacial score (nSPS) is 13.4. The average Bonchev–Trinajstić information content (AvgIpc) is 2.81. The van der Waals surface area contributed by atoms with Gasteiger partial charge >= 0.3 is 5.97 Å². The maximum absolute atomic E-state index is 13.0. The number of carbonyl (C=O) groups excluding carboxylic acids is 3. The number of rotatable bonds is 17. The number of amides is 3. The predicted molar refractivity (Wildman–Crippen MR) is 128 cm³/mol. The van der Waals surface area contributed by atoms with Crippen LogP contribution in [0, 0.1) is 0 Å². The van der Waals surface area contributed by atoms with E-state index in [4.69, 9.17) is 22.3 Å². The summed E-state index contributed by atoms with van der Waals surface area (Å²) in [6, 6.07) is 6.57. The van der Waals surface area contributed by atoms with Gasteiger partial charge in [0.2, 0.25) is 17.7 Å². The molecular formula is C23H38N6O5. The molecule has 3 amide bonds. The summed E-state index contributed by atoms with van der Waals surface area (Å²) in [7, 11) is 0. The summed E-state index contributed by atoms with van der Waals surface area (Å²) in [4.78, 5) is 49.0. The lowest BCUT2D eigenvalue weighted by Crippen LogP contribution is -2.56. The molecule has 1 aromatic rings. The second-order valence-electron chi connectivity index (χ2n) is 8.10. The van der Waals surface area contributed by atoms with Crippen molar-refractivity contribution in [2.24, 2.45) is 17.2 Å². The molecule has 1 rings (SSSR count). The quantitative estimate of drug-likeness (QED) is 0.138. The van der Waals surface area contributed by atoms with E-state index in [1.54, 1.807) is 0 Å². The fraction of sp³-hybridized carbons (Fsp3) is 0.565. The molecule has 0 heterocycles. The average molecular weight is 479 g/mol. The Balaban J connectivity index is 2.85. The zero-order valence-corrected chi connectivity index (χ0v) is 19.5. The van der Waals surface area contributed by atoms with Crippen molar-refractivity contribution in [1.29, 1.82) is 0 Å². The number of nitrogens with one attached hydrogen (secondary N) is 3. The highest BCUT2D eigenvalue weighted by molar-refractivity contribution is 5.93. The van der Waals surface area contributed by atoms with E-state index in [2.05, 4.69) is 16.0 Å². The molecule has 0 fully saturated rings. The molecule has 0 saturated carbocycles. The van der Waals surface area contributed by atoms with E-state index in [0.29, 0.717) is 51.6 Å². The van der Waals surface area contributed by atoms with E-state index < -0.39 is 48.4 Å². The highest BCUT2D eigenvalue weighted by Gasteiger charge is 2.28. The molecule has 0 saturated heterocycles. The number of carboxylic acids is 1. The van der Waals surface area contributed by atoms with Crippen LogP contribution in [0.1, 0.15) is 44.1 Å². The molecule has 0 aliphatic rings. The zero-order valence-electron chi connectivity index (χ0n) is 19.5. The molecule has 11 nitrogen and oxygen atoms in total. The Morgan fingerprint density at radius 3 is 1.85 bits per heavy atom. The van der Waals surface area contributed by atoms with Gasteiger partial charge in [0, 0.05) is 0 Å². The van der Waals surface area contributed by atoms with Gasteiger partial charge in [-0.15, -0.1) is 0 Å². The summed E-state index contributed by atoms with van der Waals surface area (Å²) in [5.41, 5.74) is 18.0. The van der Waals surface area contributed by atoms with E-state index in [1.165, 1.54) is 0 Å². The lowest BCUT2D eigenvalue weighted by atomic mass is 10.0. The van der Waals surface area contributed by atoms with Crippen LogP contribution in [0.15, 0.2) is 30.3 Å². The number of carboxylic acid groups (broad SMARTS) is 1. The number of carbonyl (C=O) groups is 4. The van der Waals surface area contributed by atoms with Gasteiger partial charge in [-0.2, -0.15) is 0 Å². The fourth-order valence-corrected chi connectivity index (χ4v) is 3.32. The molecule has 10 N–H and O–H groups in total. The second-order valence-corrected chi connectivity index (χ2v) is 8.10. The van der Waals surface area contributed by atoms with Crippen molar-refractivity contribution in [2.45, 2.75) is 63.1 Å². The minimum atomic E-state index is -1.19. The zero-order chi connectivity index (χ0) is 25.3. The van der Waals surface area contributed by atoms with E-state index in [-0.39, 0.29) is 6.42 Å². The van der Waals surface area contributed by atoms with Gasteiger partial charge in [-0.05, 0) is 63.6 Å². The van der Waals surface area contributed by atoms with Crippen molar-refractivity contribution in [3.8, 4) is 0 Å². The van der Waals surface area contributed by atoms with Crippen molar-refractivity contribution in [2.75, 3.05) is 19.6 Å². The van der Waals surface area contributed by atoms with Gasteiger partial charge in [0.15, 0.2) is 0 Å². The first kappa shape index (κ1) is 29.0. The number of unbranched alkanes of at least 4 members (excludes halogenated alkanes) is 2. The third-order valence-electron chi connectivity index (χ3n) is 5.21. The molecule has 190 valence electrons. The molecule has 3 atom stereocenters. The highest BCUT2D eigenvalue weighted by Crippen LogP contribution is 2.07. The van der Waals surface area contributed by atoms with E-state index in [1.807, 2.05) is 30.3 Å². The number of aliphatic carboxylic acids is 1. The molecule has 0 aromatic heterocycles. The van der Waals surface area contributed by atoms with Crippen LogP contribution in [0.2, 0.25) is 0 Å². The minimum absolute atomic E-state index is 0.283. The molecule has 0 aliphatic heterocycles. The molecular weight excluding hydrogens is 440 g/mol. The van der Waals surface area contributed by atoms with Crippen LogP contribution in [0.4, 0.5) is 0 Å². The van der Waals surface area contributed by atoms with E-state index >= 15 is 0 Å². The van der Waals surface area contributed by atoms with Gasteiger partial charge < -0.3 is 38.3 Å². The minimum Gasteiger partial charge on any atom is -0.480 e. The first-order chi connectivity index (χ1) is 16.3. The number of nitrogens with two attached hydrogens (primary N) is 3. The monoisotopic (exact) mass is 478 g/mol. The largest absolute Gasteiger partial charge is 0.480 e. The molecule has 0 aliphatic carbocycles. The van der Waals surface area contributed by atoms with Crippen LogP contribution in [-0.4, -0.2) is 66.6 Å². The third-order valence-corrected chi connectivity index (χ3v) is 5.21. The predicted octanol–water partition coefficient (Wildman–Crippen LogP) is -1.02. The molecule has 0 spiro atoms. The molecule has 0 bridgehead atoms. The Morgan fingerprint density at radius 1 is 0.794 bits per heavy atom. The van der Waals surface area contributed by atoms with Crippen LogP contribution < -0.4 is 33.2 Å². The summed E-state index contributed by atoms with van der Waals surface area (Å²) in [6.07, 6.45) is 3.37. The Morgan fingerprint density at radius 2 is 1.32 bits per heavy atom. The Bertz CT molecular complexity index is 776.